The molecule has 0 saturated heterocycles. The van der Waals surface area contributed by atoms with Crippen LogP contribution in [0.1, 0.15) is 0 Å². The summed E-state index contributed by atoms with van der Waals surface area (Å²) in [6.07, 6.45) is 1.92. The van der Waals surface area contributed by atoms with E-state index in [1.807, 2.05) is 6.26 Å². The molecule has 90 valence electrons. The fourth-order valence-corrected chi connectivity index (χ4v) is 3.15. The Hall–Kier alpha value is 0.250. The third-order valence-electron chi connectivity index (χ3n) is 1.80. The number of thioether (sulfide) groups is 1. The summed E-state index contributed by atoms with van der Waals surface area (Å²) in [5.41, 5.74) is 0. The van der Waals surface area contributed by atoms with Gasteiger partial charge in [-0.25, -0.2) is 13.1 Å². The molecule has 1 rings (SSSR count). The topological polar surface area (TPSA) is 46.2 Å². The van der Waals surface area contributed by atoms with Gasteiger partial charge in [0.2, 0.25) is 10.0 Å². The molecular weight excluding hydrogens is 334 g/mol. The molecule has 7 heteroatoms. The van der Waals surface area contributed by atoms with Crippen LogP contribution >= 0.6 is 39.3 Å². The molecule has 0 aliphatic rings. The van der Waals surface area contributed by atoms with Crippen LogP contribution in [-0.4, -0.2) is 27.0 Å². The van der Waals surface area contributed by atoms with Gasteiger partial charge in [0, 0.05) is 16.8 Å². The molecule has 1 aromatic rings. The lowest BCUT2D eigenvalue weighted by molar-refractivity contribution is 0.584. The smallest absolute Gasteiger partial charge is 0.210 e. The summed E-state index contributed by atoms with van der Waals surface area (Å²) in [5.74, 6) is 0.744. The minimum Gasteiger partial charge on any atom is -0.210 e. The van der Waals surface area contributed by atoms with E-state index < -0.39 is 10.0 Å². The molecule has 0 amide bonds. The van der Waals surface area contributed by atoms with Gasteiger partial charge in [0.15, 0.2) is 0 Å². The molecule has 1 aromatic carbocycles. The summed E-state index contributed by atoms with van der Waals surface area (Å²) < 4.78 is 26.7. The van der Waals surface area contributed by atoms with Crippen LogP contribution in [0.3, 0.4) is 0 Å². The number of nitrogens with one attached hydrogen (secondary N) is 1. The molecular formula is C9H11BrClNO2S2. The van der Waals surface area contributed by atoms with Crippen molar-refractivity contribution in [1.29, 1.82) is 0 Å². The normalized spacial score (nSPS) is 11.7. The molecule has 0 bridgehead atoms. The molecule has 0 aromatic heterocycles. The Morgan fingerprint density at radius 1 is 1.50 bits per heavy atom. The third kappa shape index (κ3) is 3.92. The second kappa shape index (κ2) is 6.26. The highest BCUT2D eigenvalue weighted by Crippen LogP contribution is 2.25. The molecule has 0 aliphatic heterocycles. The van der Waals surface area contributed by atoms with Crippen LogP contribution < -0.4 is 4.72 Å². The lowest BCUT2D eigenvalue weighted by atomic mass is 10.4. The first kappa shape index (κ1) is 14.3. The van der Waals surface area contributed by atoms with Crippen molar-refractivity contribution in [2.75, 3.05) is 18.6 Å². The highest BCUT2D eigenvalue weighted by Gasteiger charge is 2.14. The van der Waals surface area contributed by atoms with E-state index in [4.69, 9.17) is 11.6 Å². The van der Waals surface area contributed by atoms with E-state index >= 15 is 0 Å². The van der Waals surface area contributed by atoms with Gasteiger partial charge in [-0.1, -0.05) is 11.6 Å². The van der Waals surface area contributed by atoms with Gasteiger partial charge in [0.05, 0.1) is 9.92 Å². The van der Waals surface area contributed by atoms with Crippen molar-refractivity contribution in [3.63, 3.8) is 0 Å². The van der Waals surface area contributed by atoms with E-state index in [0.717, 1.165) is 5.75 Å². The van der Waals surface area contributed by atoms with Crippen LogP contribution in [0.15, 0.2) is 27.6 Å². The summed E-state index contributed by atoms with van der Waals surface area (Å²) in [4.78, 5) is 0.213. The summed E-state index contributed by atoms with van der Waals surface area (Å²) in [7, 11) is -3.42. The molecule has 3 nitrogen and oxygen atoms in total. The maximum Gasteiger partial charge on any atom is 0.240 e. The molecule has 0 atom stereocenters. The minimum absolute atomic E-state index is 0.213. The van der Waals surface area contributed by atoms with E-state index in [0.29, 0.717) is 16.0 Å². The maximum atomic E-state index is 11.8. The maximum absolute atomic E-state index is 11.8. The van der Waals surface area contributed by atoms with Gasteiger partial charge >= 0.3 is 0 Å². The van der Waals surface area contributed by atoms with Crippen molar-refractivity contribution in [2.45, 2.75) is 4.90 Å². The van der Waals surface area contributed by atoms with Gasteiger partial charge in [0.1, 0.15) is 0 Å². The van der Waals surface area contributed by atoms with Crippen LogP contribution in [0.25, 0.3) is 0 Å². The van der Waals surface area contributed by atoms with Gasteiger partial charge in [-0.15, -0.1) is 0 Å². The first-order valence-corrected chi connectivity index (χ1v) is 8.46. The molecule has 0 fully saturated rings. The Morgan fingerprint density at radius 3 is 2.75 bits per heavy atom. The Morgan fingerprint density at radius 2 is 2.19 bits per heavy atom. The quantitative estimate of drug-likeness (QED) is 0.836. The zero-order valence-electron chi connectivity index (χ0n) is 8.54. The third-order valence-corrected chi connectivity index (χ3v) is 5.08. The number of hydrogen-bond donors (Lipinski definition) is 1. The van der Waals surface area contributed by atoms with Crippen LogP contribution in [0.4, 0.5) is 0 Å². The molecule has 0 radical (unpaired) electrons. The van der Waals surface area contributed by atoms with Crippen molar-refractivity contribution < 1.29 is 8.42 Å². The monoisotopic (exact) mass is 343 g/mol. The molecule has 0 heterocycles. The van der Waals surface area contributed by atoms with Crippen LogP contribution in [0, 0.1) is 0 Å². The Kier molecular flexibility index (Phi) is 5.60. The summed E-state index contributed by atoms with van der Waals surface area (Å²) >= 11 is 10.6. The van der Waals surface area contributed by atoms with Gasteiger partial charge < -0.3 is 0 Å². The van der Waals surface area contributed by atoms with E-state index in [2.05, 4.69) is 20.7 Å². The number of benzene rings is 1. The molecule has 0 unspecified atom stereocenters. The van der Waals surface area contributed by atoms with Gasteiger partial charge in [-0.2, -0.15) is 11.8 Å². The number of sulfonamides is 1. The van der Waals surface area contributed by atoms with Crippen LogP contribution in [-0.2, 0) is 10.0 Å². The predicted molar refractivity (Wildman–Crippen MR) is 72.7 cm³/mol. The highest BCUT2D eigenvalue weighted by molar-refractivity contribution is 9.10. The Bertz CT molecular complexity index is 465. The first-order chi connectivity index (χ1) is 7.47. The molecule has 16 heavy (non-hydrogen) atoms. The highest BCUT2D eigenvalue weighted by atomic mass is 79.9. The lowest BCUT2D eigenvalue weighted by Crippen LogP contribution is -2.25. The van der Waals surface area contributed by atoms with E-state index in [9.17, 15) is 8.42 Å². The second-order valence-electron chi connectivity index (χ2n) is 2.97. The van der Waals surface area contributed by atoms with Crippen LogP contribution in [0.5, 0.6) is 0 Å². The summed E-state index contributed by atoms with van der Waals surface area (Å²) in [5, 5.41) is 0.489. The van der Waals surface area contributed by atoms with Crippen molar-refractivity contribution >= 4 is 49.3 Å². The first-order valence-electron chi connectivity index (χ1n) is 4.41. The standard InChI is InChI=1S/C9H11BrClNO2S2/c1-15-5-4-12-16(13,14)7-2-3-9(11)8(10)6-7/h2-3,6,12H,4-5H2,1H3. The minimum atomic E-state index is -3.42. The number of rotatable bonds is 5. The number of halogens is 2. The fraction of sp³-hybridized carbons (Fsp3) is 0.333. The average Bonchev–Trinajstić information content (AvgIpc) is 2.22. The van der Waals surface area contributed by atoms with E-state index in [1.165, 1.54) is 12.1 Å². The molecule has 0 saturated carbocycles. The van der Waals surface area contributed by atoms with E-state index in [-0.39, 0.29) is 4.90 Å². The van der Waals surface area contributed by atoms with Crippen LogP contribution in [0.2, 0.25) is 5.02 Å². The van der Waals surface area contributed by atoms with Crippen molar-refractivity contribution in [1.82, 2.24) is 4.72 Å². The van der Waals surface area contributed by atoms with Crippen molar-refractivity contribution in [2.24, 2.45) is 0 Å². The zero-order chi connectivity index (χ0) is 12.2. The number of hydrogen-bond acceptors (Lipinski definition) is 3. The Labute approximate surface area is 113 Å². The molecule has 0 spiro atoms. The fourth-order valence-electron chi connectivity index (χ4n) is 1.01. The molecule has 0 aliphatic carbocycles. The van der Waals surface area contributed by atoms with Gasteiger partial charge in [-0.3, -0.25) is 0 Å². The SMILES string of the molecule is CSCCNS(=O)(=O)c1ccc(Cl)c(Br)c1. The van der Waals surface area contributed by atoms with Crippen molar-refractivity contribution in [3.8, 4) is 0 Å². The van der Waals surface area contributed by atoms with E-state index in [1.54, 1.807) is 17.8 Å². The van der Waals surface area contributed by atoms with Crippen molar-refractivity contribution in [3.05, 3.63) is 27.7 Å². The molecule has 1 N–H and O–H groups in total. The average molecular weight is 345 g/mol. The van der Waals surface area contributed by atoms with Gasteiger partial charge in [-0.05, 0) is 40.4 Å². The second-order valence-corrected chi connectivity index (χ2v) is 6.98. The summed E-state index contributed by atoms with van der Waals surface area (Å²) in [6, 6.07) is 4.52. The van der Waals surface area contributed by atoms with Gasteiger partial charge in [0.25, 0.3) is 0 Å². The lowest BCUT2D eigenvalue weighted by Gasteiger charge is -2.06. The zero-order valence-corrected chi connectivity index (χ0v) is 12.5. The Balaban J connectivity index is 2.86. The summed E-state index contributed by atoms with van der Waals surface area (Å²) in [6.45, 7) is 0.420. The largest absolute Gasteiger partial charge is 0.240 e. The predicted octanol–water partition coefficient (Wildman–Crippen LogP) is 2.74.